The number of nitrogens with zero attached hydrogens (tertiary/aromatic N) is 2. The van der Waals surface area contributed by atoms with Crippen molar-refractivity contribution in [3.05, 3.63) is 58.1 Å². The van der Waals surface area contributed by atoms with Gasteiger partial charge in [0.25, 0.3) is 5.91 Å². The molecule has 1 atom stereocenters. The topological polar surface area (TPSA) is 99.1 Å². The standard InChI is InChI=1S/C17H15BrN4O3S2/c1-27(25)22-6-5-12(9-22)16(24)19-8-15(23)21-17-20-14(10-26-17)11-3-2-4-13(18)7-11/h2-7,9-10H,8H2,1H3,(H,19,24)(H,20,21,23). The second-order valence-corrected chi connectivity index (χ2v) is 8.51. The van der Waals surface area contributed by atoms with E-state index >= 15 is 0 Å². The van der Waals surface area contributed by atoms with Crippen molar-refractivity contribution < 1.29 is 14.1 Å². The van der Waals surface area contributed by atoms with Gasteiger partial charge in [-0.3, -0.25) is 9.59 Å². The van der Waals surface area contributed by atoms with Gasteiger partial charge in [-0.15, -0.1) is 11.3 Å². The minimum Gasteiger partial charge on any atom is -0.593 e. The van der Waals surface area contributed by atoms with Gasteiger partial charge in [-0.05, 0) is 18.2 Å². The highest BCUT2D eigenvalue weighted by Gasteiger charge is 2.13. The second kappa shape index (κ2) is 8.70. The predicted octanol–water partition coefficient (Wildman–Crippen LogP) is 2.88. The van der Waals surface area contributed by atoms with Gasteiger partial charge in [-0.2, -0.15) is 3.97 Å². The molecule has 2 N–H and O–H groups in total. The molecule has 3 rings (SSSR count). The van der Waals surface area contributed by atoms with Crippen LogP contribution in [0.2, 0.25) is 0 Å². The zero-order valence-electron chi connectivity index (χ0n) is 14.1. The van der Waals surface area contributed by atoms with Crippen LogP contribution < -0.4 is 10.6 Å². The van der Waals surface area contributed by atoms with E-state index in [-0.39, 0.29) is 12.5 Å². The number of hydrogen-bond donors (Lipinski definition) is 2. The van der Waals surface area contributed by atoms with Gasteiger partial charge in [0.2, 0.25) is 5.91 Å². The molecule has 2 heterocycles. The number of carbonyl (C=O) groups excluding carboxylic acids is 2. The van der Waals surface area contributed by atoms with E-state index in [1.54, 1.807) is 12.3 Å². The van der Waals surface area contributed by atoms with Crippen molar-refractivity contribution in [1.82, 2.24) is 14.3 Å². The van der Waals surface area contributed by atoms with E-state index in [9.17, 15) is 14.1 Å². The fraction of sp³-hybridized carbons (Fsp3) is 0.118. The van der Waals surface area contributed by atoms with E-state index in [0.29, 0.717) is 10.7 Å². The van der Waals surface area contributed by atoms with Crippen LogP contribution in [0, 0.1) is 0 Å². The summed E-state index contributed by atoms with van der Waals surface area (Å²) in [5.74, 6) is -0.791. The van der Waals surface area contributed by atoms with E-state index in [1.165, 1.54) is 27.8 Å². The average molecular weight is 467 g/mol. The predicted molar refractivity (Wildman–Crippen MR) is 110 cm³/mol. The van der Waals surface area contributed by atoms with Crippen molar-refractivity contribution in [2.24, 2.45) is 0 Å². The van der Waals surface area contributed by atoms with E-state index in [2.05, 4.69) is 31.5 Å². The maximum atomic E-state index is 12.0. The van der Waals surface area contributed by atoms with Crippen LogP contribution in [0.1, 0.15) is 10.4 Å². The van der Waals surface area contributed by atoms with Crippen molar-refractivity contribution in [3.8, 4) is 11.3 Å². The molecule has 0 fully saturated rings. The highest BCUT2D eigenvalue weighted by Crippen LogP contribution is 2.26. The summed E-state index contributed by atoms with van der Waals surface area (Å²) in [5.41, 5.74) is 2.03. The van der Waals surface area contributed by atoms with Gasteiger partial charge in [0, 0.05) is 15.4 Å². The summed E-state index contributed by atoms with van der Waals surface area (Å²) < 4.78 is 13.7. The third-order valence-corrected chi connectivity index (χ3v) is 5.58. The van der Waals surface area contributed by atoms with Gasteiger partial charge in [0.1, 0.15) is 6.26 Å². The number of hydrogen-bond acceptors (Lipinski definition) is 5. The molecule has 0 aliphatic heterocycles. The fourth-order valence-electron chi connectivity index (χ4n) is 2.21. The van der Waals surface area contributed by atoms with Crippen LogP contribution in [0.15, 0.2) is 52.6 Å². The normalized spacial score (nSPS) is 11.8. The van der Waals surface area contributed by atoms with Crippen molar-refractivity contribution in [1.29, 1.82) is 0 Å². The van der Waals surface area contributed by atoms with Crippen LogP contribution in [0.5, 0.6) is 0 Å². The lowest BCUT2D eigenvalue weighted by Crippen LogP contribution is -2.32. The summed E-state index contributed by atoms with van der Waals surface area (Å²) in [4.78, 5) is 28.5. The minimum atomic E-state index is -1.23. The molecule has 0 saturated heterocycles. The quantitative estimate of drug-likeness (QED) is 0.545. The van der Waals surface area contributed by atoms with Gasteiger partial charge in [-0.1, -0.05) is 28.1 Å². The summed E-state index contributed by atoms with van der Waals surface area (Å²) in [6, 6.07) is 9.25. The SMILES string of the molecule is C[S+]([O-])n1ccc(C(=O)NCC(=O)Nc2nc(-c3cccc(Br)c3)cs2)c1. The van der Waals surface area contributed by atoms with Crippen LogP contribution in [0.25, 0.3) is 11.3 Å². The molecular formula is C17H15BrN4O3S2. The number of anilines is 1. The van der Waals surface area contributed by atoms with E-state index in [0.717, 1.165) is 15.7 Å². The first kappa shape index (κ1) is 19.6. The van der Waals surface area contributed by atoms with Crippen LogP contribution in [0.3, 0.4) is 0 Å². The Morgan fingerprint density at radius 2 is 2.19 bits per heavy atom. The van der Waals surface area contributed by atoms with Crippen molar-refractivity contribution in [2.45, 2.75) is 0 Å². The highest BCUT2D eigenvalue weighted by molar-refractivity contribution is 9.10. The van der Waals surface area contributed by atoms with Crippen LogP contribution in [-0.2, 0) is 16.2 Å². The second-order valence-electron chi connectivity index (χ2n) is 5.46. The van der Waals surface area contributed by atoms with Crippen molar-refractivity contribution in [2.75, 3.05) is 18.1 Å². The molecule has 3 aromatic rings. The molecule has 0 spiro atoms. The first-order chi connectivity index (χ1) is 12.9. The molecular weight excluding hydrogens is 452 g/mol. The van der Waals surface area contributed by atoms with Crippen LogP contribution in [-0.4, -0.2) is 38.1 Å². The Morgan fingerprint density at radius 3 is 2.89 bits per heavy atom. The Balaban J connectivity index is 1.54. The molecule has 0 bridgehead atoms. The monoisotopic (exact) mass is 466 g/mol. The lowest BCUT2D eigenvalue weighted by molar-refractivity contribution is -0.115. The molecule has 0 radical (unpaired) electrons. The lowest BCUT2D eigenvalue weighted by atomic mass is 10.2. The fourth-order valence-corrected chi connectivity index (χ4v) is 3.84. The summed E-state index contributed by atoms with van der Waals surface area (Å²) in [7, 11) is 0. The molecule has 7 nitrogen and oxygen atoms in total. The molecule has 1 unspecified atom stereocenters. The zero-order chi connectivity index (χ0) is 19.4. The zero-order valence-corrected chi connectivity index (χ0v) is 17.4. The molecule has 2 amide bonds. The van der Waals surface area contributed by atoms with Gasteiger partial charge >= 0.3 is 0 Å². The molecule has 27 heavy (non-hydrogen) atoms. The molecule has 10 heteroatoms. The largest absolute Gasteiger partial charge is 0.593 e. The minimum absolute atomic E-state index is 0.189. The Bertz CT molecular complexity index is 971. The number of aromatic nitrogens is 2. The molecule has 0 saturated carbocycles. The number of carbonyl (C=O) groups is 2. The van der Waals surface area contributed by atoms with Crippen molar-refractivity contribution in [3.63, 3.8) is 0 Å². The van der Waals surface area contributed by atoms with Gasteiger partial charge < -0.3 is 15.2 Å². The molecule has 140 valence electrons. The number of amides is 2. The maximum absolute atomic E-state index is 12.0. The highest BCUT2D eigenvalue weighted by atomic mass is 79.9. The van der Waals surface area contributed by atoms with Crippen LogP contribution in [0.4, 0.5) is 5.13 Å². The molecule has 0 aliphatic carbocycles. The van der Waals surface area contributed by atoms with Crippen LogP contribution >= 0.6 is 27.3 Å². The maximum Gasteiger partial charge on any atom is 0.253 e. The number of benzene rings is 1. The Labute approximate surface area is 171 Å². The summed E-state index contributed by atoms with van der Waals surface area (Å²) in [5, 5.41) is 7.50. The summed E-state index contributed by atoms with van der Waals surface area (Å²) in [6.45, 7) is -0.189. The first-order valence-electron chi connectivity index (χ1n) is 7.74. The van der Waals surface area contributed by atoms with E-state index < -0.39 is 17.3 Å². The molecule has 1 aromatic carbocycles. The average Bonchev–Trinajstić information content (AvgIpc) is 3.29. The Hall–Kier alpha value is -2.14. The third kappa shape index (κ3) is 5.19. The summed E-state index contributed by atoms with van der Waals surface area (Å²) in [6.07, 6.45) is 4.52. The smallest absolute Gasteiger partial charge is 0.253 e. The van der Waals surface area contributed by atoms with Gasteiger partial charge in [0.15, 0.2) is 5.13 Å². The van der Waals surface area contributed by atoms with Gasteiger partial charge in [0.05, 0.1) is 41.6 Å². The summed E-state index contributed by atoms with van der Waals surface area (Å²) >= 11 is 3.49. The Morgan fingerprint density at radius 1 is 1.37 bits per heavy atom. The molecule has 0 aliphatic rings. The van der Waals surface area contributed by atoms with Gasteiger partial charge in [-0.25, -0.2) is 4.98 Å². The van der Waals surface area contributed by atoms with E-state index in [4.69, 9.17) is 0 Å². The third-order valence-electron chi connectivity index (χ3n) is 3.51. The molecule has 2 aromatic heterocycles. The number of nitrogens with one attached hydrogen (secondary N) is 2. The number of halogens is 1. The Kier molecular flexibility index (Phi) is 6.32. The van der Waals surface area contributed by atoms with E-state index in [1.807, 2.05) is 29.6 Å². The first-order valence-corrected chi connectivity index (χ1v) is 10.9. The lowest BCUT2D eigenvalue weighted by Gasteiger charge is -2.04. The van der Waals surface area contributed by atoms with Crippen molar-refractivity contribution >= 4 is 55.6 Å². The number of rotatable bonds is 6. The number of thiazole rings is 1.